The first kappa shape index (κ1) is 27.7. The minimum atomic E-state index is 0.258. The molecule has 0 aliphatic carbocycles. The third-order valence-corrected chi connectivity index (χ3v) is 11.3. The van der Waals surface area contributed by atoms with E-state index in [1.54, 1.807) is 0 Å². The molecule has 208 valence electrons. The number of hydrogen-bond donors (Lipinski definition) is 5. The second kappa shape index (κ2) is 11.7. The lowest BCUT2D eigenvalue weighted by Crippen LogP contribution is -2.64. The average Bonchev–Trinajstić information content (AvgIpc) is 3.15. The number of fused-ring (bicyclic) bond motifs is 6. The molecule has 6 nitrogen and oxygen atoms in total. The smallest absolute Gasteiger partial charge is 0.0739 e. The molecule has 5 rings (SSSR count). The molecule has 4 bridgehead atoms. The van der Waals surface area contributed by atoms with Crippen molar-refractivity contribution in [3.8, 4) is 0 Å². The van der Waals surface area contributed by atoms with Crippen LogP contribution in [0.25, 0.3) is 0 Å². The van der Waals surface area contributed by atoms with E-state index < -0.39 is 0 Å². The number of rotatable bonds is 1. The van der Waals surface area contributed by atoms with Gasteiger partial charge in [-0.2, -0.15) is 0 Å². The Balaban J connectivity index is 1.36. The summed E-state index contributed by atoms with van der Waals surface area (Å²) in [5, 5.41) is 16.6. The van der Waals surface area contributed by atoms with E-state index in [9.17, 15) is 0 Å². The van der Waals surface area contributed by atoms with Gasteiger partial charge in [-0.25, -0.2) is 0 Å². The maximum Gasteiger partial charge on any atom is 0.0739 e. The molecule has 0 spiro atoms. The fourth-order valence-electron chi connectivity index (χ4n) is 8.02. The summed E-state index contributed by atoms with van der Waals surface area (Å²) >= 11 is 2.03. The zero-order valence-corrected chi connectivity index (χ0v) is 24.7. The van der Waals surface area contributed by atoms with Gasteiger partial charge in [0.1, 0.15) is 0 Å². The molecule has 5 heterocycles. The lowest BCUT2D eigenvalue weighted by Gasteiger charge is -2.49. The van der Waals surface area contributed by atoms with E-state index in [-0.39, 0.29) is 5.54 Å². The van der Waals surface area contributed by atoms with Gasteiger partial charge in [0.2, 0.25) is 0 Å². The van der Waals surface area contributed by atoms with Crippen LogP contribution in [0.3, 0.4) is 0 Å². The predicted molar refractivity (Wildman–Crippen MR) is 154 cm³/mol. The lowest BCUT2D eigenvalue weighted by atomic mass is 9.81. The van der Waals surface area contributed by atoms with Crippen molar-refractivity contribution in [3.05, 3.63) is 0 Å². The first-order chi connectivity index (χ1) is 17.2. The monoisotopic (exact) mass is 520 g/mol. The van der Waals surface area contributed by atoms with Crippen LogP contribution in [0.15, 0.2) is 0 Å². The third kappa shape index (κ3) is 6.63. The molecular weight excluding hydrogens is 464 g/mol. The van der Waals surface area contributed by atoms with Gasteiger partial charge < -0.3 is 5.32 Å². The van der Waals surface area contributed by atoms with Gasteiger partial charge in [0, 0.05) is 42.0 Å². The Morgan fingerprint density at radius 3 is 2.44 bits per heavy atom. The highest BCUT2D eigenvalue weighted by molar-refractivity contribution is 7.98. The van der Waals surface area contributed by atoms with Crippen LogP contribution in [-0.2, 0) is 0 Å². The van der Waals surface area contributed by atoms with Crippen molar-refractivity contribution in [1.29, 1.82) is 0 Å². The molecule has 7 heteroatoms. The summed E-state index contributed by atoms with van der Waals surface area (Å²) in [5.74, 6) is 1.62. The highest BCUT2D eigenvalue weighted by Crippen LogP contribution is 2.42. The van der Waals surface area contributed by atoms with E-state index >= 15 is 0 Å². The van der Waals surface area contributed by atoms with Crippen LogP contribution in [0, 0.1) is 17.3 Å². The standard InChI is InChI=1S/C29H56N6S/c1-28(2,3)25-12-11-24-27(34-25)35-19-20(17-29(35,4)5)9-10-23(21-13-15-30-16-14-21)33-26-8-6-7-22(32-26)18-31-36-24/h20-27,30-34H,6-19H2,1-5H3/t20-,22?,23?,24?,25?,26?,27?/m0/s1. The Morgan fingerprint density at radius 2 is 1.67 bits per heavy atom. The summed E-state index contributed by atoms with van der Waals surface area (Å²) in [4.78, 5) is 2.89. The molecular formula is C29H56N6S. The molecule has 8 atom stereocenters. The molecule has 0 aromatic heterocycles. The normalized spacial score (nSPS) is 43.2. The summed E-state index contributed by atoms with van der Waals surface area (Å²) in [5.41, 5.74) is 0.561. The molecule has 0 aromatic rings. The van der Waals surface area contributed by atoms with Gasteiger partial charge in [0.05, 0.1) is 12.3 Å². The van der Waals surface area contributed by atoms with Crippen molar-refractivity contribution in [2.24, 2.45) is 17.3 Å². The van der Waals surface area contributed by atoms with Gasteiger partial charge in [-0.1, -0.05) is 32.7 Å². The zero-order chi connectivity index (χ0) is 25.3. The Morgan fingerprint density at radius 1 is 0.861 bits per heavy atom. The van der Waals surface area contributed by atoms with E-state index in [1.165, 1.54) is 83.8 Å². The van der Waals surface area contributed by atoms with Crippen molar-refractivity contribution in [2.75, 3.05) is 26.2 Å². The highest BCUT2D eigenvalue weighted by Gasteiger charge is 2.47. The van der Waals surface area contributed by atoms with Crippen molar-refractivity contribution < 1.29 is 0 Å². The maximum atomic E-state index is 4.21. The first-order valence-electron chi connectivity index (χ1n) is 15.3. The largest absolute Gasteiger partial charge is 0.317 e. The van der Waals surface area contributed by atoms with E-state index in [0.717, 1.165) is 18.4 Å². The molecule has 5 saturated heterocycles. The minimum Gasteiger partial charge on any atom is -0.317 e. The molecule has 0 aromatic carbocycles. The van der Waals surface area contributed by atoms with Crippen LogP contribution in [0.1, 0.15) is 98.8 Å². The molecule has 5 N–H and O–H groups in total. The molecule has 0 amide bonds. The Labute approximate surface area is 226 Å². The van der Waals surface area contributed by atoms with Gasteiger partial charge in [-0.15, -0.1) is 0 Å². The van der Waals surface area contributed by atoms with Gasteiger partial charge in [-0.3, -0.25) is 25.6 Å². The summed E-state index contributed by atoms with van der Waals surface area (Å²) < 4.78 is 3.87. The van der Waals surface area contributed by atoms with E-state index in [0.29, 0.717) is 41.1 Å². The summed E-state index contributed by atoms with van der Waals surface area (Å²) in [6, 6.07) is 1.82. The molecule has 5 aliphatic heterocycles. The molecule has 0 saturated carbocycles. The second-order valence-electron chi connectivity index (χ2n) is 14.4. The summed E-state index contributed by atoms with van der Waals surface area (Å²) in [7, 11) is 0. The lowest BCUT2D eigenvalue weighted by molar-refractivity contribution is 0.0449. The van der Waals surface area contributed by atoms with Gasteiger partial charge in [-0.05, 0) is 108 Å². The minimum absolute atomic E-state index is 0.258. The topological polar surface area (TPSA) is 63.4 Å². The first-order valence-corrected chi connectivity index (χ1v) is 16.2. The SMILES string of the molecule is CC(C)(C)C1CCC2SNCC3CCCC(N3)NC(C3CCNCC3)CC[C@@H]3CN(C2N1)C(C)(C)C3. The van der Waals surface area contributed by atoms with Gasteiger partial charge in [0.25, 0.3) is 0 Å². The van der Waals surface area contributed by atoms with Crippen LogP contribution < -0.4 is 26.0 Å². The van der Waals surface area contributed by atoms with E-state index in [1.807, 2.05) is 11.9 Å². The number of nitrogens with zero attached hydrogens (tertiary/aromatic N) is 1. The van der Waals surface area contributed by atoms with Crippen molar-refractivity contribution >= 4 is 11.9 Å². The maximum absolute atomic E-state index is 4.21. The molecule has 5 fully saturated rings. The van der Waals surface area contributed by atoms with Crippen LogP contribution in [0.4, 0.5) is 0 Å². The molecule has 5 aliphatic rings. The quantitative estimate of drug-likeness (QED) is 0.335. The van der Waals surface area contributed by atoms with Crippen LogP contribution >= 0.6 is 11.9 Å². The van der Waals surface area contributed by atoms with Crippen LogP contribution in [0.5, 0.6) is 0 Å². The van der Waals surface area contributed by atoms with Crippen LogP contribution in [-0.4, -0.2) is 72.3 Å². The van der Waals surface area contributed by atoms with Crippen LogP contribution in [0.2, 0.25) is 0 Å². The average molecular weight is 521 g/mol. The third-order valence-electron chi connectivity index (χ3n) is 10.2. The highest BCUT2D eigenvalue weighted by atomic mass is 32.2. The summed E-state index contributed by atoms with van der Waals surface area (Å²) in [6.07, 6.45) is 14.1. The predicted octanol–water partition coefficient (Wildman–Crippen LogP) is 4.04. The number of piperidine rings is 3. The van der Waals surface area contributed by atoms with Gasteiger partial charge in [0.15, 0.2) is 0 Å². The zero-order valence-electron chi connectivity index (χ0n) is 23.9. The summed E-state index contributed by atoms with van der Waals surface area (Å²) in [6.45, 7) is 17.0. The fraction of sp³-hybridized carbons (Fsp3) is 1.00. The van der Waals surface area contributed by atoms with Gasteiger partial charge >= 0.3 is 0 Å². The van der Waals surface area contributed by atoms with Crippen molar-refractivity contribution in [1.82, 2.24) is 30.9 Å². The molecule has 7 unspecified atom stereocenters. The Kier molecular flexibility index (Phi) is 8.99. The van der Waals surface area contributed by atoms with Crippen molar-refractivity contribution in [2.45, 2.75) is 140 Å². The Bertz CT molecular complexity index is 704. The second-order valence-corrected chi connectivity index (χ2v) is 15.6. The molecule has 36 heavy (non-hydrogen) atoms. The van der Waals surface area contributed by atoms with Crippen molar-refractivity contribution in [3.63, 3.8) is 0 Å². The fourth-order valence-corrected chi connectivity index (χ4v) is 9.14. The number of nitrogens with one attached hydrogen (secondary N) is 5. The Hall–Kier alpha value is 0.110. The number of hydrogen-bond acceptors (Lipinski definition) is 7. The molecule has 0 radical (unpaired) electrons. The van der Waals surface area contributed by atoms with E-state index in [2.05, 4.69) is 65.5 Å². The van der Waals surface area contributed by atoms with E-state index in [4.69, 9.17) is 0 Å².